The first-order valence-corrected chi connectivity index (χ1v) is 9.69. The lowest BCUT2D eigenvalue weighted by molar-refractivity contribution is -0.141. The van der Waals surface area contributed by atoms with Crippen LogP contribution in [-0.2, 0) is 28.7 Å². The summed E-state index contributed by atoms with van der Waals surface area (Å²) in [5.41, 5.74) is 0.838. The van der Waals surface area contributed by atoms with E-state index in [-0.39, 0.29) is 5.41 Å². The van der Waals surface area contributed by atoms with Gasteiger partial charge in [0.05, 0.1) is 6.61 Å². The van der Waals surface area contributed by atoms with Crippen molar-refractivity contribution in [2.24, 2.45) is 5.41 Å². The Morgan fingerprint density at radius 2 is 1.71 bits per heavy atom. The highest BCUT2D eigenvalue weighted by Crippen LogP contribution is 2.39. The van der Waals surface area contributed by atoms with Gasteiger partial charge in [0.1, 0.15) is 5.69 Å². The molecule has 0 unspecified atom stereocenters. The summed E-state index contributed by atoms with van der Waals surface area (Å²) in [5.74, 6) is 0. The second-order valence-corrected chi connectivity index (χ2v) is 7.41. The van der Waals surface area contributed by atoms with Crippen molar-refractivity contribution >= 4 is 0 Å². The van der Waals surface area contributed by atoms with Gasteiger partial charge in [-0.05, 0) is 55.2 Å². The van der Waals surface area contributed by atoms with Crippen LogP contribution in [0.4, 0.5) is 13.2 Å². The maximum atomic E-state index is 12.9. The fraction of sp³-hybridized carbons (Fsp3) is 0.500. The van der Waals surface area contributed by atoms with Crippen molar-refractivity contribution in [3.63, 3.8) is 0 Å². The van der Waals surface area contributed by atoms with Gasteiger partial charge in [-0.15, -0.1) is 0 Å². The molecule has 0 aliphatic carbocycles. The van der Waals surface area contributed by atoms with Crippen LogP contribution in [0.3, 0.4) is 0 Å². The molecule has 1 fully saturated rings. The Hall–Kier alpha value is -1.92. The Labute approximate surface area is 163 Å². The van der Waals surface area contributed by atoms with Crippen molar-refractivity contribution in [1.29, 1.82) is 0 Å². The third-order valence-corrected chi connectivity index (χ3v) is 5.45. The molecule has 1 aromatic heterocycles. The molecule has 0 amide bonds. The predicted octanol–water partition coefficient (Wildman–Crippen LogP) is 5.44. The Bertz CT molecular complexity index is 728. The van der Waals surface area contributed by atoms with Crippen LogP contribution in [-0.4, -0.2) is 24.8 Å². The molecule has 3 nitrogen and oxygen atoms in total. The first-order valence-electron chi connectivity index (χ1n) is 9.69. The minimum absolute atomic E-state index is 0.0326. The van der Waals surface area contributed by atoms with Crippen molar-refractivity contribution in [2.75, 3.05) is 19.8 Å². The highest BCUT2D eigenvalue weighted by atomic mass is 19.4. The SMILES string of the molecule is FC(F)(F)c1cccc(CCC2(CCOCc3ccccc3)CCOCC2)n1. The molecule has 0 saturated carbocycles. The quantitative estimate of drug-likeness (QED) is 0.560. The van der Waals surface area contributed by atoms with Crippen molar-refractivity contribution in [3.05, 3.63) is 65.5 Å². The second-order valence-electron chi connectivity index (χ2n) is 7.41. The van der Waals surface area contributed by atoms with Crippen LogP contribution >= 0.6 is 0 Å². The van der Waals surface area contributed by atoms with Gasteiger partial charge in [-0.2, -0.15) is 13.2 Å². The number of benzene rings is 1. The maximum absolute atomic E-state index is 12.9. The summed E-state index contributed by atoms with van der Waals surface area (Å²) in [6.45, 7) is 2.58. The van der Waals surface area contributed by atoms with E-state index in [4.69, 9.17) is 9.47 Å². The molecule has 1 aromatic carbocycles. The molecule has 6 heteroatoms. The Morgan fingerprint density at radius 1 is 0.964 bits per heavy atom. The van der Waals surface area contributed by atoms with Gasteiger partial charge in [-0.25, -0.2) is 4.98 Å². The fourth-order valence-electron chi connectivity index (χ4n) is 3.65. The van der Waals surface area contributed by atoms with Crippen LogP contribution in [0.15, 0.2) is 48.5 Å². The number of aryl methyl sites for hydroxylation is 1. The molecule has 2 heterocycles. The summed E-state index contributed by atoms with van der Waals surface area (Å²) in [6, 6.07) is 14.1. The van der Waals surface area contributed by atoms with Crippen LogP contribution in [0.5, 0.6) is 0 Å². The molecular weight excluding hydrogens is 367 g/mol. The number of ether oxygens (including phenoxy) is 2. The van der Waals surface area contributed by atoms with Gasteiger partial charge >= 0.3 is 6.18 Å². The number of halogens is 3. The third-order valence-electron chi connectivity index (χ3n) is 5.45. The molecule has 0 N–H and O–H groups in total. The van der Waals surface area contributed by atoms with Crippen LogP contribution < -0.4 is 0 Å². The molecule has 0 bridgehead atoms. The van der Waals surface area contributed by atoms with Crippen LogP contribution in [0.1, 0.15) is 42.6 Å². The zero-order chi connectivity index (χ0) is 19.9. The minimum Gasteiger partial charge on any atom is -0.381 e. The molecule has 152 valence electrons. The lowest BCUT2D eigenvalue weighted by atomic mass is 9.73. The van der Waals surface area contributed by atoms with Gasteiger partial charge in [0.2, 0.25) is 0 Å². The van der Waals surface area contributed by atoms with Gasteiger partial charge in [0.15, 0.2) is 0 Å². The van der Waals surface area contributed by atoms with Gasteiger partial charge in [-0.1, -0.05) is 36.4 Å². The average Bonchev–Trinajstić information content (AvgIpc) is 2.71. The number of nitrogens with zero attached hydrogens (tertiary/aromatic N) is 1. The zero-order valence-corrected chi connectivity index (χ0v) is 15.9. The molecular formula is C22H26F3NO2. The molecule has 0 spiro atoms. The summed E-state index contributed by atoms with van der Waals surface area (Å²) in [7, 11) is 0. The Morgan fingerprint density at radius 3 is 2.43 bits per heavy atom. The van der Waals surface area contributed by atoms with E-state index in [9.17, 15) is 13.2 Å². The molecule has 0 atom stereocenters. The topological polar surface area (TPSA) is 31.4 Å². The van der Waals surface area contributed by atoms with Gasteiger partial charge in [-0.3, -0.25) is 0 Å². The smallest absolute Gasteiger partial charge is 0.381 e. The lowest BCUT2D eigenvalue weighted by Gasteiger charge is -2.37. The number of alkyl halides is 3. The number of aromatic nitrogens is 1. The molecule has 0 radical (unpaired) electrons. The van der Waals surface area contributed by atoms with Crippen molar-refractivity contribution in [3.8, 4) is 0 Å². The summed E-state index contributed by atoms with van der Waals surface area (Å²) in [4.78, 5) is 3.81. The van der Waals surface area contributed by atoms with E-state index in [0.717, 1.165) is 37.3 Å². The Kier molecular flexibility index (Phi) is 7.08. The van der Waals surface area contributed by atoms with E-state index in [1.54, 1.807) is 6.07 Å². The first kappa shape index (κ1) is 20.8. The highest BCUT2D eigenvalue weighted by Gasteiger charge is 2.34. The van der Waals surface area contributed by atoms with E-state index in [1.807, 2.05) is 30.3 Å². The molecule has 3 rings (SSSR count). The van der Waals surface area contributed by atoms with Crippen molar-refractivity contribution in [2.45, 2.75) is 44.9 Å². The number of hydrogen-bond donors (Lipinski definition) is 0. The fourth-order valence-corrected chi connectivity index (χ4v) is 3.65. The van der Waals surface area contributed by atoms with E-state index >= 15 is 0 Å². The maximum Gasteiger partial charge on any atom is 0.433 e. The van der Waals surface area contributed by atoms with Crippen LogP contribution in [0.2, 0.25) is 0 Å². The Balaban J connectivity index is 1.55. The minimum atomic E-state index is -4.41. The predicted molar refractivity (Wildman–Crippen MR) is 101 cm³/mol. The second kappa shape index (κ2) is 9.52. The monoisotopic (exact) mass is 393 g/mol. The van der Waals surface area contributed by atoms with Crippen molar-refractivity contribution in [1.82, 2.24) is 4.98 Å². The van der Waals surface area contributed by atoms with E-state index in [1.165, 1.54) is 6.07 Å². The molecule has 1 aliphatic heterocycles. The summed E-state index contributed by atoms with van der Waals surface area (Å²) in [6.07, 6.45) is -0.400. The number of pyridine rings is 1. The molecule has 1 aliphatic rings. The molecule has 2 aromatic rings. The summed E-state index contributed by atoms with van der Waals surface area (Å²) >= 11 is 0. The standard InChI is InChI=1S/C22H26F3NO2/c23-22(24,25)20-8-4-7-19(26-20)9-10-21(11-14-27-15-12-21)13-16-28-17-18-5-2-1-3-6-18/h1-8H,9-17H2. The van der Waals surface area contributed by atoms with E-state index < -0.39 is 11.9 Å². The number of hydrogen-bond acceptors (Lipinski definition) is 3. The molecule has 28 heavy (non-hydrogen) atoms. The van der Waals surface area contributed by atoms with E-state index in [2.05, 4.69) is 4.98 Å². The number of rotatable bonds is 8. The highest BCUT2D eigenvalue weighted by molar-refractivity contribution is 5.14. The normalized spacial score (nSPS) is 16.8. The van der Waals surface area contributed by atoms with E-state index in [0.29, 0.717) is 38.5 Å². The first-order chi connectivity index (χ1) is 13.5. The van der Waals surface area contributed by atoms with Crippen LogP contribution in [0.25, 0.3) is 0 Å². The lowest BCUT2D eigenvalue weighted by Crippen LogP contribution is -2.31. The van der Waals surface area contributed by atoms with Gasteiger partial charge in [0, 0.05) is 25.5 Å². The zero-order valence-electron chi connectivity index (χ0n) is 15.9. The van der Waals surface area contributed by atoms with Gasteiger partial charge in [0.25, 0.3) is 0 Å². The van der Waals surface area contributed by atoms with Crippen LogP contribution in [0, 0.1) is 5.41 Å². The molecule has 1 saturated heterocycles. The average molecular weight is 393 g/mol. The summed E-state index contributed by atoms with van der Waals surface area (Å²) < 4.78 is 50.0. The van der Waals surface area contributed by atoms with Crippen molar-refractivity contribution < 1.29 is 22.6 Å². The third kappa shape index (κ3) is 6.04. The summed E-state index contributed by atoms with van der Waals surface area (Å²) in [5, 5.41) is 0. The van der Waals surface area contributed by atoms with Gasteiger partial charge < -0.3 is 9.47 Å². The largest absolute Gasteiger partial charge is 0.433 e.